The molecule has 4 aromatic rings. The van der Waals surface area contributed by atoms with Gasteiger partial charge in [-0.2, -0.15) is 5.10 Å². The van der Waals surface area contributed by atoms with Crippen LogP contribution in [0.15, 0.2) is 42.9 Å². The zero-order valence-electron chi connectivity index (χ0n) is 18.8. The Labute approximate surface area is 190 Å². The number of halogens is 1. The topological polar surface area (TPSA) is 110 Å². The number of anilines is 3. The summed E-state index contributed by atoms with van der Waals surface area (Å²) >= 11 is 0. The van der Waals surface area contributed by atoms with E-state index in [1.807, 2.05) is 20.8 Å². The van der Waals surface area contributed by atoms with Crippen molar-refractivity contribution < 1.29 is 9.18 Å². The fourth-order valence-corrected chi connectivity index (χ4v) is 3.49. The highest BCUT2D eigenvalue weighted by Crippen LogP contribution is 2.25. The molecule has 0 spiro atoms. The molecule has 0 bridgehead atoms. The first-order chi connectivity index (χ1) is 15.9. The van der Waals surface area contributed by atoms with Gasteiger partial charge in [-0.05, 0) is 50.6 Å². The predicted molar refractivity (Wildman–Crippen MR) is 126 cm³/mol. The highest BCUT2D eigenvalue weighted by Gasteiger charge is 2.15. The van der Waals surface area contributed by atoms with Crippen LogP contribution in [0.1, 0.15) is 41.4 Å². The Bertz CT molecular complexity index is 1320. The molecule has 170 valence electrons. The van der Waals surface area contributed by atoms with Crippen LogP contribution >= 0.6 is 0 Å². The van der Waals surface area contributed by atoms with Gasteiger partial charge in [0.15, 0.2) is 5.65 Å². The van der Waals surface area contributed by atoms with Crippen LogP contribution in [-0.4, -0.2) is 37.2 Å². The SMILES string of the molecule is CCNc1ncc(C(=O)Nc2ccc(F)c([C@H](C)Nc3cnc4cnn(C)c4n3)c2)cc1C. The fourth-order valence-electron chi connectivity index (χ4n) is 3.49. The number of aryl methyl sites for hydroxylation is 2. The first-order valence-electron chi connectivity index (χ1n) is 10.6. The van der Waals surface area contributed by atoms with Crippen molar-refractivity contribution >= 4 is 34.4 Å². The number of carbonyl (C=O) groups excluding carboxylic acids is 1. The van der Waals surface area contributed by atoms with Gasteiger partial charge in [0.2, 0.25) is 0 Å². The maximum Gasteiger partial charge on any atom is 0.257 e. The lowest BCUT2D eigenvalue weighted by Gasteiger charge is -2.17. The third-order valence-corrected chi connectivity index (χ3v) is 5.21. The van der Waals surface area contributed by atoms with E-state index >= 15 is 0 Å². The monoisotopic (exact) mass is 448 g/mol. The van der Waals surface area contributed by atoms with E-state index in [2.05, 4.69) is 36.0 Å². The lowest BCUT2D eigenvalue weighted by Crippen LogP contribution is -2.15. The Kier molecular flexibility index (Phi) is 6.16. The van der Waals surface area contributed by atoms with Crippen molar-refractivity contribution in [3.8, 4) is 0 Å². The highest BCUT2D eigenvalue weighted by atomic mass is 19.1. The molecule has 10 heteroatoms. The first kappa shape index (κ1) is 22.1. The highest BCUT2D eigenvalue weighted by molar-refractivity contribution is 6.04. The lowest BCUT2D eigenvalue weighted by atomic mass is 10.1. The number of pyridine rings is 1. The molecule has 3 heterocycles. The Balaban J connectivity index is 1.51. The summed E-state index contributed by atoms with van der Waals surface area (Å²) in [5.74, 6) is 0.523. The summed E-state index contributed by atoms with van der Waals surface area (Å²) < 4.78 is 16.2. The number of rotatable bonds is 7. The van der Waals surface area contributed by atoms with Crippen molar-refractivity contribution in [2.45, 2.75) is 26.8 Å². The Hall–Kier alpha value is -4.08. The van der Waals surface area contributed by atoms with E-state index in [0.717, 1.165) is 17.9 Å². The molecule has 0 saturated carbocycles. The van der Waals surface area contributed by atoms with Gasteiger partial charge in [0, 0.05) is 31.0 Å². The van der Waals surface area contributed by atoms with Crippen molar-refractivity contribution in [2.75, 3.05) is 22.5 Å². The molecular formula is C23H25FN8O. The fraction of sp³-hybridized carbons (Fsp3) is 0.261. The van der Waals surface area contributed by atoms with E-state index in [1.165, 1.54) is 18.3 Å². The zero-order chi connectivity index (χ0) is 23.5. The summed E-state index contributed by atoms with van der Waals surface area (Å²) in [5, 5.41) is 13.3. The van der Waals surface area contributed by atoms with Crippen LogP contribution in [0, 0.1) is 12.7 Å². The molecule has 4 rings (SSSR count). The van der Waals surface area contributed by atoms with Crippen LogP contribution in [0.25, 0.3) is 11.2 Å². The average Bonchev–Trinajstić information content (AvgIpc) is 3.16. The third-order valence-electron chi connectivity index (χ3n) is 5.21. The molecular weight excluding hydrogens is 423 g/mol. The molecule has 0 fully saturated rings. The molecule has 0 aliphatic heterocycles. The van der Waals surface area contributed by atoms with E-state index in [4.69, 9.17) is 0 Å². The van der Waals surface area contributed by atoms with Gasteiger partial charge in [-0.25, -0.2) is 24.0 Å². The molecule has 1 atom stereocenters. The molecule has 0 aliphatic carbocycles. The number of nitrogens with zero attached hydrogens (tertiary/aromatic N) is 5. The second kappa shape index (κ2) is 9.19. The van der Waals surface area contributed by atoms with Gasteiger partial charge in [0.05, 0.1) is 24.0 Å². The van der Waals surface area contributed by atoms with E-state index in [9.17, 15) is 9.18 Å². The van der Waals surface area contributed by atoms with Gasteiger partial charge in [-0.15, -0.1) is 0 Å². The summed E-state index contributed by atoms with van der Waals surface area (Å²) in [7, 11) is 1.78. The molecule has 0 aliphatic rings. The summed E-state index contributed by atoms with van der Waals surface area (Å²) in [6, 6.07) is 5.80. The Morgan fingerprint density at radius 2 is 2.00 bits per heavy atom. The van der Waals surface area contributed by atoms with Crippen molar-refractivity contribution in [3.05, 3.63) is 65.4 Å². The van der Waals surface area contributed by atoms with Gasteiger partial charge >= 0.3 is 0 Å². The van der Waals surface area contributed by atoms with E-state index in [-0.39, 0.29) is 5.91 Å². The van der Waals surface area contributed by atoms with Crippen molar-refractivity contribution in [1.29, 1.82) is 0 Å². The van der Waals surface area contributed by atoms with Crippen LogP contribution in [0.5, 0.6) is 0 Å². The second-order valence-corrected chi connectivity index (χ2v) is 7.71. The van der Waals surface area contributed by atoms with Crippen LogP contribution in [-0.2, 0) is 7.05 Å². The largest absolute Gasteiger partial charge is 0.370 e. The maximum atomic E-state index is 14.6. The molecule has 1 amide bonds. The molecule has 9 nitrogen and oxygen atoms in total. The first-order valence-corrected chi connectivity index (χ1v) is 10.6. The molecule has 0 saturated heterocycles. The van der Waals surface area contributed by atoms with Gasteiger partial charge < -0.3 is 16.0 Å². The molecule has 33 heavy (non-hydrogen) atoms. The van der Waals surface area contributed by atoms with Crippen molar-refractivity contribution in [2.24, 2.45) is 7.05 Å². The third kappa shape index (κ3) is 4.74. The zero-order valence-corrected chi connectivity index (χ0v) is 18.8. The quantitative estimate of drug-likeness (QED) is 0.391. The molecule has 0 unspecified atom stereocenters. The molecule has 0 radical (unpaired) electrons. The average molecular weight is 449 g/mol. The number of aromatic nitrogens is 5. The van der Waals surface area contributed by atoms with Gasteiger partial charge in [-0.3, -0.25) is 4.79 Å². The molecule has 1 aromatic carbocycles. The number of fused-ring (bicyclic) bond motifs is 1. The van der Waals surface area contributed by atoms with Gasteiger partial charge in [0.25, 0.3) is 5.91 Å². The summed E-state index contributed by atoms with van der Waals surface area (Å²) in [6.07, 6.45) is 4.73. The van der Waals surface area contributed by atoms with Crippen LogP contribution in [0.4, 0.5) is 21.7 Å². The maximum absolute atomic E-state index is 14.6. The molecule has 3 N–H and O–H groups in total. The minimum absolute atomic E-state index is 0.320. The standard InChI is InChI=1S/C23H25FN8O/c1-5-25-21-13(2)8-15(10-27-21)23(33)30-16-6-7-18(24)17(9-16)14(3)29-20-12-26-19-11-28-32(4)22(19)31-20/h6-12,14H,5H2,1-4H3,(H,25,27)(H,29,31)(H,30,33)/t14-/m0/s1. The van der Waals surface area contributed by atoms with Crippen LogP contribution in [0.2, 0.25) is 0 Å². The normalized spacial score (nSPS) is 11.9. The van der Waals surface area contributed by atoms with Gasteiger partial charge in [0.1, 0.15) is 23.0 Å². The Morgan fingerprint density at radius 1 is 1.18 bits per heavy atom. The summed E-state index contributed by atoms with van der Waals surface area (Å²) in [5.41, 5.74) is 3.45. The van der Waals surface area contributed by atoms with E-state index < -0.39 is 11.9 Å². The smallest absolute Gasteiger partial charge is 0.257 e. The number of carbonyl (C=O) groups is 1. The van der Waals surface area contributed by atoms with E-state index in [1.54, 1.807) is 36.3 Å². The second-order valence-electron chi connectivity index (χ2n) is 7.71. The van der Waals surface area contributed by atoms with Crippen molar-refractivity contribution in [3.63, 3.8) is 0 Å². The summed E-state index contributed by atoms with van der Waals surface area (Å²) in [6.45, 7) is 6.42. The minimum Gasteiger partial charge on any atom is -0.370 e. The van der Waals surface area contributed by atoms with E-state index in [0.29, 0.717) is 33.8 Å². The van der Waals surface area contributed by atoms with Gasteiger partial charge in [-0.1, -0.05) is 0 Å². The number of hydrogen-bond acceptors (Lipinski definition) is 7. The number of benzene rings is 1. The number of hydrogen-bond donors (Lipinski definition) is 3. The number of nitrogens with one attached hydrogen (secondary N) is 3. The van der Waals surface area contributed by atoms with Crippen LogP contribution in [0.3, 0.4) is 0 Å². The Morgan fingerprint density at radius 3 is 2.76 bits per heavy atom. The number of amides is 1. The molecule has 3 aromatic heterocycles. The predicted octanol–water partition coefficient (Wildman–Crippen LogP) is 4.06. The minimum atomic E-state index is -0.426. The summed E-state index contributed by atoms with van der Waals surface area (Å²) in [4.78, 5) is 25.8. The van der Waals surface area contributed by atoms with Crippen LogP contribution < -0.4 is 16.0 Å². The lowest BCUT2D eigenvalue weighted by molar-refractivity contribution is 0.102. The van der Waals surface area contributed by atoms with Crippen molar-refractivity contribution in [1.82, 2.24) is 24.7 Å².